The van der Waals surface area contributed by atoms with Crippen LogP contribution in [0.2, 0.25) is 0 Å². The Kier molecular flexibility index (Phi) is 5.26. The van der Waals surface area contributed by atoms with Gasteiger partial charge in [0, 0.05) is 18.8 Å². The Hall–Kier alpha value is -0.740. The number of hydrogen-bond acceptors (Lipinski definition) is 4. The van der Waals surface area contributed by atoms with Crippen LogP contribution in [0.15, 0.2) is 0 Å². The number of rotatable bonds is 1. The highest BCUT2D eigenvalue weighted by Crippen LogP contribution is 2.68. The van der Waals surface area contributed by atoms with Gasteiger partial charge in [0.1, 0.15) is 11.9 Å². The predicted molar refractivity (Wildman–Crippen MR) is 119 cm³/mol. The summed E-state index contributed by atoms with van der Waals surface area (Å²) in [6.45, 7) is 11.3. The zero-order valence-electron chi connectivity index (χ0n) is 20.1. The Bertz CT molecular complexity index is 760. The van der Waals surface area contributed by atoms with Gasteiger partial charge in [0.2, 0.25) is 0 Å². The fourth-order valence-corrected chi connectivity index (χ4v) is 9.56. The van der Waals surface area contributed by atoms with E-state index in [9.17, 15) is 14.7 Å². The Morgan fingerprint density at radius 3 is 2.39 bits per heavy atom. The molecule has 4 aliphatic carbocycles. The average Bonchev–Trinajstić information content (AvgIpc) is 2.92. The molecular formula is C27H42O4. The van der Waals surface area contributed by atoms with Crippen LogP contribution < -0.4 is 0 Å². The van der Waals surface area contributed by atoms with Crippen LogP contribution in [0.5, 0.6) is 0 Å². The van der Waals surface area contributed by atoms with Crippen LogP contribution in [0.1, 0.15) is 86.0 Å². The summed E-state index contributed by atoms with van der Waals surface area (Å²) in [5.41, 5.74) is 0.211. The SMILES string of the molecule is CC(C)C1O[C@H]2C[C@H]3[C@@H]4CC(=O)[C@H]5C[C@@H](O)CC[C@]5(C)[C@H]4CC[C@]3(C)[C@H]2[C@H](C)CC1=O. The molecule has 1 aliphatic heterocycles. The number of ketones is 2. The molecule has 0 aromatic carbocycles. The van der Waals surface area contributed by atoms with Crippen molar-refractivity contribution in [2.75, 3.05) is 0 Å². The maximum absolute atomic E-state index is 13.4. The zero-order valence-corrected chi connectivity index (χ0v) is 20.1. The molecule has 0 amide bonds. The fourth-order valence-electron chi connectivity index (χ4n) is 9.56. The molecule has 0 spiro atoms. The lowest BCUT2D eigenvalue weighted by Gasteiger charge is -2.60. The lowest BCUT2D eigenvalue weighted by Crippen LogP contribution is -2.57. The quantitative estimate of drug-likeness (QED) is 0.648. The van der Waals surface area contributed by atoms with Crippen LogP contribution in [0.3, 0.4) is 0 Å². The number of aliphatic hydroxyl groups excluding tert-OH is 1. The van der Waals surface area contributed by atoms with Gasteiger partial charge in [-0.2, -0.15) is 0 Å². The summed E-state index contributed by atoms with van der Waals surface area (Å²) in [5, 5.41) is 10.3. The largest absolute Gasteiger partial charge is 0.393 e. The van der Waals surface area contributed by atoms with Crippen LogP contribution >= 0.6 is 0 Å². The molecule has 1 N–H and O–H groups in total. The number of ether oxygens (including phenoxy) is 1. The summed E-state index contributed by atoms with van der Waals surface area (Å²) in [7, 11) is 0. The molecule has 4 nitrogen and oxygen atoms in total. The van der Waals surface area contributed by atoms with E-state index in [4.69, 9.17) is 4.74 Å². The van der Waals surface area contributed by atoms with Crippen LogP contribution in [-0.2, 0) is 14.3 Å². The van der Waals surface area contributed by atoms with Gasteiger partial charge in [-0.1, -0.05) is 34.6 Å². The van der Waals surface area contributed by atoms with Crippen molar-refractivity contribution < 1.29 is 19.4 Å². The van der Waals surface area contributed by atoms with E-state index in [1.54, 1.807) is 0 Å². The first-order chi connectivity index (χ1) is 14.6. The molecule has 5 rings (SSSR count). The molecule has 0 aromatic heterocycles. The smallest absolute Gasteiger partial charge is 0.162 e. The van der Waals surface area contributed by atoms with E-state index in [0.29, 0.717) is 54.6 Å². The minimum atomic E-state index is -0.301. The van der Waals surface area contributed by atoms with Crippen molar-refractivity contribution in [2.45, 2.75) is 104 Å². The molecule has 5 fully saturated rings. The van der Waals surface area contributed by atoms with Crippen molar-refractivity contribution >= 4 is 11.6 Å². The third-order valence-electron chi connectivity index (χ3n) is 10.9. The average molecular weight is 431 g/mol. The van der Waals surface area contributed by atoms with E-state index in [1.807, 2.05) is 0 Å². The first-order valence-corrected chi connectivity index (χ1v) is 12.9. The van der Waals surface area contributed by atoms with Gasteiger partial charge in [0.05, 0.1) is 12.2 Å². The summed E-state index contributed by atoms with van der Waals surface area (Å²) >= 11 is 0. The van der Waals surface area contributed by atoms with Gasteiger partial charge in [0.15, 0.2) is 5.78 Å². The lowest BCUT2D eigenvalue weighted by atomic mass is 9.44. The Labute approximate surface area is 187 Å². The first-order valence-electron chi connectivity index (χ1n) is 12.9. The Morgan fingerprint density at radius 2 is 1.68 bits per heavy atom. The minimum absolute atomic E-state index is 0.0480. The Balaban J connectivity index is 1.47. The van der Waals surface area contributed by atoms with Gasteiger partial charge in [-0.05, 0) is 84.9 Å². The fraction of sp³-hybridized carbons (Fsp3) is 0.926. The van der Waals surface area contributed by atoms with Gasteiger partial charge >= 0.3 is 0 Å². The maximum Gasteiger partial charge on any atom is 0.162 e. The molecule has 0 bridgehead atoms. The van der Waals surface area contributed by atoms with E-state index >= 15 is 0 Å². The summed E-state index contributed by atoms with van der Waals surface area (Å²) in [6.07, 6.45) is 6.79. The van der Waals surface area contributed by atoms with Gasteiger partial charge in [-0.3, -0.25) is 9.59 Å². The summed E-state index contributed by atoms with van der Waals surface area (Å²) in [4.78, 5) is 26.2. The predicted octanol–water partition coefficient (Wildman–Crippen LogP) is 4.81. The molecule has 1 heterocycles. The highest BCUT2D eigenvalue weighted by Gasteiger charge is 2.65. The van der Waals surface area contributed by atoms with Crippen LogP contribution in [0.25, 0.3) is 0 Å². The van der Waals surface area contributed by atoms with Gasteiger partial charge in [-0.15, -0.1) is 0 Å². The van der Waals surface area contributed by atoms with E-state index in [0.717, 1.165) is 19.3 Å². The topological polar surface area (TPSA) is 63.6 Å². The van der Waals surface area contributed by atoms with Gasteiger partial charge in [-0.25, -0.2) is 0 Å². The summed E-state index contributed by atoms with van der Waals surface area (Å²) in [5.74, 6) is 3.26. The molecule has 11 atom stereocenters. The molecule has 0 aromatic rings. The lowest BCUT2D eigenvalue weighted by molar-refractivity contribution is -0.160. The van der Waals surface area contributed by atoms with Crippen molar-refractivity contribution in [2.24, 2.45) is 52.3 Å². The second kappa shape index (κ2) is 7.38. The van der Waals surface area contributed by atoms with E-state index in [-0.39, 0.29) is 46.8 Å². The molecule has 1 saturated heterocycles. The van der Waals surface area contributed by atoms with E-state index in [1.165, 1.54) is 12.8 Å². The van der Waals surface area contributed by atoms with Gasteiger partial charge < -0.3 is 9.84 Å². The highest BCUT2D eigenvalue weighted by atomic mass is 16.5. The highest BCUT2D eigenvalue weighted by molar-refractivity contribution is 5.84. The second-order valence-corrected chi connectivity index (χ2v) is 12.8. The molecular weight excluding hydrogens is 388 g/mol. The van der Waals surface area contributed by atoms with E-state index in [2.05, 4.69) is 34.6 Å². The van der Waals surface area contributed by atoms with Crippen LogP contribution in [-0.4, -0.2) is 35.0 Å². The molecule has 4 heteroatoms. The summed E-state index contributed by atoms with van der Waals surface area (Å²) < 4.78 is 6.62. The third-order valence-corrected chi connectivity index (χ3v) is 10.9. The zero-order chi connectivity index (χ0) is 22.3. The normalized spacial score (nSPS) is 54.6. The second-order valence-electron chi connectivity index (χ2n) is 12.8. The van der Waals surface area contributed by atoms with Crippen LogP contribution in [0.4, 0.5) is 0 Å². The number of carbonyl (C=O) groups is 2. The number of Topliss-reactive ketones (excluding diaryl/α,β-unsaturated/α-hetero) is 2. The number of aliphatic hydroxyl groups is 1. The van der Waals surface area contributed by atoms with Crippen molar-refractivity contribution in [3.63, 3.8) is 0 Å². The van der Waals surface area contributed by atoms with E-state index < -0.39 is 0 Å². The molecule has 174 valence electrons. The first kappa shape index (κ1) is 22.1. The summed E-state index contributed by atoms with van der Waals surface area (Å²) in [6, 6.07) is 0. The molecule has 0 radical (unpaired) electrons. The molecule has 4 saturated carbocycles. The standard InChI is InChI=1S/C27H42O4/c1-14(2)25-22(30)10-15(3)24-23(31-25)13-19-17-12-21(29)20-11-16(28)6-8-26(20,4)18(17)7-9-27(19,24)5/h14-20,23-25,28H,6-13H2,1-5H3/t15-,16+,17-,18+,19+,20-,23+,24+,25?,26-,27+/m1/s1. The van der Waals surface area contributed by atoms with Crippen molar-refractivity contribution in [1.82, 2.24) is 0 Å². The molecule has 1 unspecified atom stereocenters. The number of fused-ring (bicyclic) bond motifs is 7. The maximum atomic E-state index is 13.4. The Morgan fingerprint density at radius 1 is 0.968 bits per heavy atom. The third kappa shape index (κ3) is 3.14. The van der Waals surface area contributed by atoms with Crippen LogP contribution in [0, 0.1) is 52.3 Å². The molecule has 5 aliphatic rings. The minimum Gasteiger partial charge on any atom is -0.393 e. The number of hydrogen-bond donors (Lipinski definition) is 1. The van der Waals surface area contributed by atoms with Crippen molar-refractivity contribution in [3.8, 4) is 0 Å². The molecule has 31 heavy (non-hydrogen) atoms. The number of carbonyl (C=O) groups excluding carboxylic acids is 2. The van der Waals surface area contributed by atoms with Gasteiger partial charge in [0.25, 0.3) is 0 Å². The van der Waals surface area contributed by atoms with Crippen molar-refractivity contribution in [3.05, 3.63) is 0 Å². The van der Waals surface area contributed by atoms with Crippen molar-refractivity contribution in [1.29, 1.82) is 0 Å². The monoisotopic (exact) mass is 430 g/mol.